The van der Waals surface area contributed by atoms with Gasteiger partial charge < -0.3 is 9.88 Å². The number of carbonyl (C=O) groups is 1. The maximum absolute atomic E-state index is 12.8. The fraction of sp³-hybridized carbons (Fsp3) is 0.273. The molecule has 7 nitrogen and oxygen atoms in total. The van der Waals surface area contributed by atoms with Crippen LogP contribution in [-0.4, -0.2) is 25.2 Å². The van der Waals surface area contributed by atoms with Crippen molar-refractivity contribution in [2.24, 2.45) is 5.92 Å². The molecule has 148 valence electrons. The summed E-state index contributed by atoms with van der Waals surface area (Å²) in [5.74, 6) is 0.0392. The predicted octanol–water partition coefficient (Wildman–Crippen LogP) is 3.89. The largest absolute Gasteiger partial charge is 0.348 e. The van der Waals surface area contributed by atoms with E-state index in [1.165, 1.54) is 6.33 Å². The molecule has 0 aliphatic carbocycles. The molecule has 0 saturated heterocycles. The van der Waals surface area contributed by atoms with Crippen molar-refractivity contribution in [2.45, 2.75) is 34.2 Å². The van der Waals surface area contributed by atoms with Gasteiger partial charge in [0.25, 0.3) is 5.91 Å². The minimum Gasteiger partial charge on any atom is -0.348 e. The molecule has 2 aromatic heterocycles. The molecule has 1 N–H and O–H groups in total. The summed E-state index contributed by atoms with van der Waals surface area (Å²) < 4.78 is 3.77. The van der Waals surface area contributed by atoms with Crippen LogP contribution in [-0.2, 0) is 11.3 Å². The lowest BCUT2D eigenvalue weighted by Crippen LogP contribution is -2.15. The average molecular weight is 388 g/mol. The molecule has 0 unspecified atom stereocenters. The van der Waals surface area contributed by atoms with Crippen LogP contribution in [0.25, 0.3) is 11.8 Å². The number of aromatic nitrogens is 4. The van der Waals surface area contributed by atoms with Crippen molar-refractivity contribution in [3.05, 3.63) is 65.5 Å². The molecule has 0 radical (unpaired) electrons. The van der Waals surface area contributed by atoms with Crippen LogP contribution in [0.4, 0.5) is 5.69 Å². The molecule has 0 saturated carbocycles. The molecule has 0 aliphatic heterocycles. The maximum atomic E-state index is 12.8. The van der Waals surface area contributed by atoms with E-state index in [1.807, 2.05) is 44.2 Å². The van der Waals surface area contributed by atoms with Crippen molar-refractivity contribution in [3.63, 3.8) is 0 Å². The topological polar surface area (TPSA) is 88.5 Å². The highest BCUT2D eigenvalue weighted by atomic mass is 16.1. The molecule has 0 aliphatic rings. The average Bonchev–Trinajstić information content (AvgIpc) is 3.31. The Labute approximate surface area is 170 Å². The van der Waals surface area contributed by atoms with Crippen molar-refractivity contribution in [3.8, 4) is 11.8 Å². The van der Waals surface area contributed by atoms with Crippen LogP contribution in [0, 0.1) is 31.1 Å². The molecule has 0 spiro atoms. The van der Waals surface area contributed by atoms with E-state index < -0.39 is 5.91 Å². The van der Waals surface area contributed by atoms with Crippen LogP contribution in [0.2, 0.25) is 0 Å². The molecule has 1 amide bonds. The Bertz CT molecular complexity index is 1080. The van der Waals surface area contributed by atoms with Crippen LogP contribution in [0.3, 0.4) is 0 Å². The van der Waals surface area contributed by atoms with Gasteiger partial charge in [-0.05, 0) is 49.6 Å². The molecule has 0 bridgehead atoms. The number of aryl methyl sites for hydroxylation is 1. The highest BCUT2D eigenvalue weighted by Crippen LogP contribution is 2.22. The third kappa shape index (κ3) is 4.43. The third-order valence-corrected chi connectivity index (χ3v) is 4.64. The maximum Gasteiger partial charge on any atom is 0.266 e. The number of nitrogens with one attached hydrogen (secondary N) is 1. The summed E-state index contributed by atoms with van der Waals surface area (Å²) in [5, 5.41) is 16.5. The lowest BCUT2D eigenvalue weighted by Gasteiger charge is -2.12. The minimum absolute atomic E-state index is 0.0446. The smallest absolute Gasteiger partial charge is 0.266 e. The number of rotatable bonds is 6. The van der Waals surface area contributed by atoms with Gasteiger partial charge in [0, 0.05) is 17.9 Å². The van der Waals surface area contributed by atoms with Gasteiger partial charge in [-0.2, -0.15) is 10.4 Å². The number of anilines is 1. The van der Waals surface area contributed by atoms with Crippen molar-refractivity contribution in [2.75, 3.05) is 5.32 Å². The summed E-state index contributed by atoms with van der Waals surface area (Å²) in [5.41, 5.74) is 4.29. The predicted molar refractivity (Wildman–Crippen MR) is 112 cm³/mol. The van der Waals surface area contributed by atoms with Crippen molar-refractivity contribution >= 4 is 17.7 Å². The van der Waals surface area contributed by atoms with Crippen LogP contribution >= 0.6 is 0 Å². The van der Waals surface area contributed by atoms with Gasteiger partial charge in [0.2, 0.25) is 0 Å². The van der Waals surface area contributed by atoms with Crippen molar-refractivity contribution in [1.82, 2.24) is 19.3 Å². The third-order valence-electron chi connectivity index (χ3n) is 4.64. The first-order chi connectivity index (χ1) is 13.9. The second-order valence-electron chi connectivity index (χ2n) is 7.31. The normalized spacial score (nSPS) is 11.5. The van der Waals surface area contributed by atoms with Crippen LogP contribution in [0.1, 0.15) is 30.8 Å². The lowest BCUT2D eigenvalue weighted by atomic mass is 10.1. The lowest BCUT2D eigenvalue weighted by molar-refractivity contribution is -0.112. The molecule has 1 aromatic carbocycles. The Morgan fingerprint density at radius 1 is 1.31 bits per heavy atom. The number of hydrogen-bond donors (Lipinski definition) is 1. The fourth-order valence-electron chi connectivity index (χ4n) is 3.23. The van der Waals surface area contributed by atoms with Gasteiger partial charge in [-0.15, -0.1) is 0 Å². The van der Waals surface area contributed by atoms with Crippen molar-refractivity contribution in [1.29, 1.82) is 5.26 Å². The number of benzene rings is 1. The minimum atomic E-state index is -0.464. The molecular weight excluding hydrogens is 364 g/mol. The number of hydrogen-bond acceptors (Lipinski definition) is 4. The van der Waals surface area contributed by atoms with Crippen LogP contribution in [0.5, 0.6) is 0 Å². The molecular formula is C22H24N6O. The number of nitriles is 1. The van der Waals surface area contributed by atoms with Gasteiger partial charge in [-0.1, -0.05) is 26.0 Å². The fourth-order valence-corrected chi connectivity index (χ4v) is 3.23. The summed E-state index contributed by atoms with van der Waals surface area (Å²) in [6.07, 6.45) is 4.62. The zero-order valence-electron chi connectivity index (χ0n) is 17.0. The second-order valence-corrected chi connectivity index (χ2v) is 7.31. The molecule has 3 aromatic rings. The Hall–Kier alpha value is -3.66. The van der Waals surface area contributed by atoms with E-state index >= 15 is 0 Å². The summed E-state index contributed by atoms with van der Waals surface area (Å²) >= 11 is 0. The number of para-hydroxylation sites is 2. The zero-order chi connectivity index (χ0) is 21.0. The first kappa shape index (κ1) is 20.1. The molecule has 3 rings (SSSR count). The summed E-state index contributed by atoms with van der Waals surface area (Å²) in [6, 6.07) is 11.3. The van der Waals surface area contributed by atoms with Gasteiger partial charge >= 0.3 is 0 Å². The first-order valence-electron chi connectivity index (χ1n) is 9.44. The van der Waals surface area contributed by atoms with E-state index in [9.17, 15) is 10.1 Å². The van der Waals surface area contributed by atoms with Crippen LogP contribution in [0.15, 0.2) is 48.6 Å². The van der Waals surface area contributed by atoms with Crippen molar-refractivity contribution < 1.29 is 4.79 Å². The Morgan fingerprint density at radius 2 is 2.07 bits per heavy atom. The summed E-state index contributed by atoms with van der Waals surface area (Å²) in [7, 11) is 0. The quantitative estimate of drug-likeness (QED) is 0.512. The standard InChI is InChI=1S/C22H24N6O/c1-15(2)12-27-16(3)9-18(17(27)4)10-19(11-23)22(29)26-20-7-5-6-8-21(20)28-14-24-13-25-28/h5-10,13-15H,12H2,1-4H3,(H,26,29)/b19-10+. The second kappa shape index (κ2) is 8.57. The van der Waals surface area contributed by atoms with E-state index in [0.29, 0.717) is 17.3 Å². The van der Waals surface area contributed by atoms with E-state index in [4.69, 9.17) is 0 Å². The number of nitrogens with zero attached hydrogens (tertiary/aromatic N) is 5. The molecule has 2 heterocycles. The SMILES string of the molecule is Cc1cc(/C=C(\C#N)C(=O)Nc2ccccc2-n2cncn2)c(C)n1CC(C)C. The van der Waals surface area contributed by atoms with Gasteiger partial charge in [-0.25, -0.2) is 9.67 Å². The summed E-state index contributed by atoms with van der Waals surface area (Å²) in [4.78, 5) is 16.7. The highest BCUT2D eigenvalue weighted by molar-refractivity contribution is 6.10. The van der Waals surface area contributed by atoms with Gasteiger partial charge in [0.1, 0.15) is 24.3 Å². The van der Waals surface area contributed by atoms with Crippen LogP contribution < -0.4 is 5.32 Å². The zero-order valence-corrected chi connectivity index (χ0v) is 17.0. The van der Waals surface area contributed by atoms with E-state index in [-0.39, 0.29) is 5.57 Å². The molecule has 0 fully saturated rings. The highest BCUT2D eigenvalue weighted by Gasteiger charge is 2.15. The van der Waals surface area contributed by atoms with E-state index in [0.717, 1.165) is 23.5 Å². The number of amides is 1. The first-order valence-corrected chi connectivity index (χ1v) is 9.44. The number of carbonyl (C=O) groups excluding carboxylic acids is 1. The molecule has 7 heteroatoms. The monoisotopic (exact) mass is 388 g/mol. The Balaban J connectivity index is 1.89. The van der Waals surface area contributed by atoms with Gasteiger partial charge in [0.15, 0.2) is 0 Å². The van der Waals surface area contributed by atoms with E-state index in [1.54, 1.807) is 23.2 Å². The van der Waals surface area contributed by atoms with Gasteiger partial charge in [-0.3, -0.25) is 4.79 Å². The Kier molecular flexibility index (Phi) is 5.93. The molecule has 0 atom stereocenters. The Morgan fingerprint density at radius 3 is 2.72 bits per heavy atom. The van der Waals surface area contributed by atoms with E-state index in [2.05, 4.69) is 33.8 Å². The summed E-state index contributed by atoms with van der Waals surface area (Å²) in [6.45, 7) is 9.26. The molecule has 29 heavy (non-hydrogen) atoms. The van der Waals surface area contributed by atoms with Gasteiger partial charge in [0.05, 0.1) is 11.4 Å².